The van der Waals surface area contributed by atoms with Crippen molar-refractivity contribution in [1.29, 1.82) is 5.26 Å². The summed E-state index contributed by atoms with van der Waals surface area (Å²) in [4.78, 5) is 11.0. The Morgan fingerprint density at radius 1 is 1.35 bits per heavy atom. The van der Waals surface area contributed by atoms with Crippen LogP contribution in [0.4, 0.5) is 0 Å². The molecule has 116 valence electrons. The van der Waals surface area contributed by atoms with Crippen LogP contribution in [0.1, 0.15) is 11.1 Å². The van der Waals surface area contributed by atoms with Crippen LogP contribution in [0, 0.1) is 11.3 Å². The molecule has 0 saturated heterocycles. The molecule has 0 aliphatic rings. The quantitative estimate of drug-likeness (QED) is 0.593. The number of benzene rings is 2. The number of aliphatic carboxylic acids is 1. The first-order valence-electron chi connectivity index (χ1n) is 6.52. The van der Waals surface area contributed by atoms with Gasteiger partial charge in [-0.25, -0.2) is 4.79 Å². The summed E-state index contributed by atoms with van der Waals surface area (Å²) in [6, 6.07) is 14.1. The van der Waals surface area contributed by atoms with Gasteiger partial charge in [-0.1, -0.05) is 45.7 Å². The van der Waals surface area contributed by atoms with Crippen molar-refractivity contribution in [1.82, 2.24) is 0 Å². The average molecular weight is 393 g/mol. The number of hydrogen-bond acceptors (Lipinski definition) is 3. The minimum absolute atomic E-state index is 0.233. The highest BCUT2D eigenvalue weighted by Crippen LogP contribution is 2.27. The molecule has 1 N–H and O–H groups in total. The van der Waals surface area contributed by atoms with E-state index in [0.717, 1.165) is 10.0 Å². The molecule has 4 nitrogen and oxygen atoms in total. The predicted octanol–water partition coefficient (Wildman–Crippen LogP) is 4.67. The Bertz CT molecular complexity index is 812. The second kappa shape index (κ2) is 7.82. The van der Waals surface area contributed by atoms with E-state index >= 15 is 0 Å². The van der Waals surface area contributed by atoms with Gasteiger partial charge in [0.05, 0.1) is 0 Å². The average Bonchev–Trinajstić information content (AvgIpc) is 2.52. The van der Waals surface area contributed by atoms with Gasteiger partial charge in [-0.15, -0.1) is 0 Å². The molecule has 2 aromatic carbocycles. The molecule has 0 aliphatic carbocycles. The van der Waals surface area contributed by atoms with Crippen molar-refractivity contribution in [2.75, 3.05) is 0 Å². The topological polar surface area (TPSA) is 70.3 Å². The van der Waals surface area contributed by atoms with Gasteiger partial charge in [0, 0.05) is 20.6 Å². The number of ether oxygens (including phenoxy) is 1. The molecule has 0 bridgehead atoms. The molecule has 0 aromatic heterocycles. The van der Waals surface area contributed by atoms with Gasteiger partial charge in [-0.05, 0) is 30.3 Å². The van der Waals surface area contributed by atoms with Gasteiger partial charge < -0.3 is 9.84 Å². The van der Waals surface area contributed by atoms with Crippen molar-refractivity contribution < 1.29 is 14.6 Å². The fourth-order valence-electron chi connectivity index (χ4n) is 1.83. The zero-order valence-corrected chi connectivity index (χ0v) is 14.1. The Morgan fingerprint density at radius 3 is 2.74 bits per heavy atom. The summed E-state index contributed by atoms with van der Waals surface area (Å²) in [5, 5.41) is 18.5. The molecule has 0 radical (unpaired) electrons. The van der Waals surface area contributed by atoms with Gasteiger partial charge in [0.1, 0.15) is 24.0 Å². The van der Waals surface area contributed by atoms with E-state index in [1.54, 1.807) is 30.3 Å². The molecular formula is C17H11BrClNO3. The fraction of sp³-hybridized carbons (Fsp3) is 0.0588. The van der Waals surface area contributed by atoms with E-state index in [0.29, 0.717) is 16.3 Å². The first kappa shape index (κ1) is 17.1. The minimum Gasteiger partial charge on any atom is -0.488 e. The van der Waals surface area contributed by atoms with E-state index in [1.165, 1.54) is 6.08 Å². The van der Waals surface area contributed by atoms with Crippen LogP contribution in [0.25, 0.3) is 6.08 Å². The van der Waals surface area contributed by atoms with Crippen LogP contribution in [0.5, 0.6) is 5.75 Å². The van der Waals surface area contributed by atoms with E-state index in [9.17, 15) is 4.79 Å². The second-order valence-corrected chi connectivity index (χ2v) is 5.86. The maximum Gasteiger partial charge on any atom is 0.346 e. The van der Waals surface area contributed by atoms with Gasteiger partial charge in [0.25, 0.3) is 0 Å². The number of nitriles is 1. The number of carboxylic acid groups (broad SMARTS) is 1. The van der Waals surface area contributed by atoms with Crippen molar-refractivity contribution in [2.45, 2.75) is 6.61 Å². The van der Waals surface area contributed by atoms with Crippen molar-refractivity contribution in [3.05, 3.63) is 68.7 Å². The highest BCUT2D eigenvalue weighted by molar-refractivity contribution is 9.10. The summed E-state index contributed by atoms with van der Waals surface area (Å²) in [6.45, 7) is 0.233. The highest BCUT2D eigenvalue weighted by atomic mass is 79.9. The Balaban J connectivity index is 2.31. The fourth-order valence-corrected chi connectivity index (χ4v) is 2.40. The number of rotatable bonds is 5. The standard InChI is InChI=1S/C17H11BrClNO3/c18-14-5-6-16(12(8-14)7-13(9-20)17(21)22)23-10-11-3-1-2-4-15(11)19/h1-8H,10H2,(H,21,22). The van der Waals surface area contributed by atoms with Crippen LogP contribution in [0.15, 0.2) is 52.5 Å². The highest BCUT2D eigenvalue weighted by Gasteiger charge is 2.10. The van der Waals surface area contributed by atoms with Crippen LogP contribution >= 0.6 is 27.5 Å². The van der Waals surface area contributed by atoms with Gasteiger partial charge >= 0.3 is 5.97 Å². The SMILES string of the molecule is N#CC(=Cc1cc(Br)ccc1OCc1ccccc1Cl)C(=O)O. The molecule has 0 saturated carbocycles. The van der Waals surface area contributed by atoms with Crippen molar-refractivity contribution >= 4 is 39.6 Å². The molecule has 23 heavy (non-hydrogen) atoms. The first-order valence-corrected chi connectivity index (χ1v) is 7.69. The largest absolute Gasteiger partial charge is 0.488 e. The third-order valence-corrected chi connectivity index (χ3v) is 3.83. The lowest BCUT2D eigenvalue weighted by atomic mass is 10.1. The maximum atomic E-state index is 11.0. The molecule has 0 spiro atoms. The van der Waals surface area contributed by atoms with Crippen LogP contribution in [0.3, 0.4) is 0 Å². The monoisotopic (exact) mass is 391 g/mol. The lowest BCUT2D eigenvalue weighted by molar-refractivity contribution is -0.132. The molecule has 0 unspecified atom stereocenters. The molecule has 0 fully saturated rings. The van der Waals surface area contributed by atoms with E-state index in [4.69, 9.17) is 26.7 Å². The van der Waals surface area contributed by atoms with Crippen molar-refractivity contribution in [3.8, 4) is 11.8 Å². The maximum absolute atomic E-state index is 11.0. The summed E-state index contributed by atoms with van der Waals surface area (Å²) in [5.41, 5.74) is 0.932. The molecule has 2 rings (SSSR count). The molecule has 0 atom stereocenters. The lowest BCUT2D eigenvalue weighted by Gasteiger charge is -2.11. The van der Waals surface area contributed by atoms with Gasteiger partial charge in [-0.3, -0.25) is 0 Å². The lowest BCUT2D eigenvalue weighted by Crippen LogP contribution is -2.00. The number of halogens is 2. The van der Waals surface area contributed by atoms with Gasteiger partial charge in [0.2, 0.25) is 0 Å². The Kier molecular flexibility index (Phi) is 5.80. The molecule has 0 heterocycles. The minimum atomic E-state index is -1.29. The first-order chi connectivity index (χ1) is 11.0. The third-order valence-electron chi connectivity index (χ3n) is 2.96. The smallest absolute Gasteiger partial charge is 0.346 e. The second-order valence-electron chi connectivity index (χ2n) is 4.54. The van der Waals surface area contributed by atoms with E-state index < -0.39 is 5.97 Å². The van der Waals surface area contributed by atoms with Gasteiger partial charge in [-0.2, -0.15) is 5.26 Å². The van der Waals surface area contributed by atoms with Crippen molar-refractivity contribution in [2.24, 2.45) is 0 Å². The van der Waals surface area contributed by atoms with E-state index in [-0.39, 0.29) is 12.2 Å². The number of carboxylic acids is 1. The summed E-state index contributed by atoms with van der Waals surface area (Å²) < 4.78 is 6.48. The Labute approximate surface area is 146 Å². The van der Waals surface area contributed by atoms with Crippen LogP contribution in [0.2, 0.25) is 5.02 Å². The van der Waals surface area contributed by atoms with Crippen LogP contribution in [-0.2, 0) is 11.4 Å². The predicted molar refractivity (Wildman–Crippen MR) is 91.2 cm³/mol. The summed E-state index contributed by atoms with van der Waals surface area (Å²) in [7, 11) is 0. The normalized spacial score (nSPS) is 10.9. The zero-order valence-electron chi connectivity index (χ0n) is 11.8. The Morgan fingerprint density at radius 2 is 2.09 bits per heavy atom. The third kappa shape index (κ3) is 4.59. The van der Waals surface area contributed by atoms with Gasteiger partial charge in [0.15, 0.2) is 0 Å². The molecule has 2 aromatic rings. The summed E-state index contributed by atoms with van der Waals surface area (Å²) in [5.74, 6) is -0.827. The van der Waals surface area contributed by atoms with E-state index in [2.05, 4.69) is 15.9 Å². The van der Waals surface area contributed by atoms with Crippen LogP contribution < -0.4 is 4.74 Å². The number of carbonyl (C=O) groups is 1. The van der Waals surface area contributed by atoms with Crippen molar-refractivity contribution in [3.63, 3.8) is 0 Å². The molecule has 0 amide bonds. The number of nitrogens with zero attached hydrogens (tertiary/aromatic N) is 1. The zero-order chi connectivity index (χ0) is 16.8. The number of hydrogen-bond donors (Lipinski definition) is 1. The molecule has 0 aliphatic heterocycles. The summed E-state index contributed by atoms with van der Waals surface area (Å²) in [6.07, 6.45) is 1.27. The summed E-state index contributed by atoms with van der Waals surface area (Å²) >= 11 is 9.40. The molecular weight excluding hydrogens is 382 g/mol. The van der Waals surface area contributed by atoms with Crippen LogP contribution in [-0.4, -0.2) is 11.1 Å². The van der Waals surface area contributed by atoms with E-state index in [1.807, 2.05) is 18.2 Å². The Hall–Kier alpha value is -2.29. The molecule has 6 heteroatoms.